The van der Waals surface area contributed by atoms with Crippen LogP contribution in [0, 0.1) is 0 Å². The van der Waals surface area contributed by atoms with Crippen LogP contribution in [0.4, 0.5) is 5.82 Å². The third-order valence-corrected chi connectivity index (χ3v) is 2.85. The first kappa shape index (κ1) is 15.9. The predicted octanol–water partition coefficient (Wildman–Crippen LogP) is 1.03. The molecule has 6 nitrogen and oxygen atoms in total. The fourth-order valence-electron chi connectivity index (χ4n) is 2.00. The molecule has 19 heavy (non-hydrogen) atoms. The molecular formula is C12H21ClN4O2. The summed E-state index contributed by atoms with van der Waals surface area (Å²) in [6, 6.07) is 1.93. The van der Waals surface area contributed by atoms with E-state index in [0.29, 0.717) is 13.0 Å². The van der Waals surface area contributed by atoms with Crippen molar-refractivity contribution in [3.8, 4) is 0 Å². The normalized spacial score (nSPS) is 18.7. The Kier molecular flexibility index (Phi) is 6.83. The third kappa shape index (κ3) is 4.81. The minimum atomic E-state index is -0.00384. The van der Waals surface area contributed by atoms with Gasteiger partial charge in [0, 0.05) is 31.6 Å². The van der Waals surface area contributed by atoms with Crippen LogP contribution in [0.1, 0.15) is 19.8 Å². The molecule has 0 bridgehead atoms. The molecule has 108 valence electrons. The Morgan fingerprint density at radius 2 is 2.53 bits per heavy atom. The van der Waals surface area contributed by atoms with Crippen molar-refractivity contribution in [2.24, 2.45) is 0 Å². The number of rotatable bonds is 5. The van der Waals surface area contributed by atoms with E-state index < -0.39 is 0 Å². The number of ether oxygens (including phenoxy) is 1. The maximum atomic E-state index is 11.9. The molecule has 7 heteroatoms. The number of carbonyl (C=O) groups excluding carboxylic acids is 1. The molecule has 0 saturated carbocycles. The molecule has 0 aromatic carbocycles. The maximum absolute atomic E-state index is 11.9. The number of morpholine rings is 1. The van der Waals surface area contributed by atoms with Crippen LogP contribution >= 0.6 is 12.4 Å². The van der Waals surface area contributed by atoms with Gasteiger partial charge < -0.3 is 15.4 Å². The zero-order chi connectivity index (χ0) is 12.8. The van der Waals surface area contributed by atoms with Crippen molar-refractivity contribution in [2.45, 2.75) is 32.4 Å². The number of aryl methyl sites for hydroxylation is 1. The first-order chi connectivity index (χ1) is 8.79. The van der Waals surface area contributed by atoms with E-state index >= 15 is 0 Å². The SMILES string of the molecule is CCCn1nccc1NC(=O)CC1COCCN1.Cl. The van der Waals surface area contributed by atoms with Gasteiger partial charge in [0.05, 0.1) is 19.4 Å². The number of anilines is 1. The topological polar surface area (TPSA) is 68.2 Å². The van der Waals surface area contributed by atoms with Gasteiger partial charge in [-0.2, -0.15) is 5.10 Å². The Balaban J connectivity index is 0.00000180. The summed E-state index contributed by atoms with van der Waals surface area (Å²) in [6.07, 6.45) is 3.12. The number of carbonyl (C=O) groups is 1. The molecule has 1 atom stereocenters. The standard InChI is InChI=1S/C12H20N4O2.ClH/c1-2-6-16-11(3-4-14-16)15-12(17)8-10-9-18-7-5-13-10;/h3-4,10,13H,2,5-9H2,1H3,(H,15,17);1H. The number of hydrogen-bond acceptors (Lipinski definition) is 4. The van der Waals surface area contributed by atoms with E-state index in [1.165, 1.54) is 0 Å². The van der Waals surface area contributed by atoms with E-state index in [4.69, 9.17) is 4.74 Å². The number of nitrogens with zero attached hydrogens (tertiary/aromatic N) is 2. The van der Waals surface area contributed by atoms with Crippen molar-refractivity contribution in [1.82, 2.24) is 15.1 Å². The lowest BCUT2D eigenvalue weighted by Gasteiger charge is -2.23. The van der Waals surface area contributed by atoms with Crippen molar-refractivity contribution in [3.63, 3.8) is 0 Å². The second kappa shape index (κ2) is 8.14. The van der Waals surface area contributed by atoms with Crippen molar-refractivity contribution in [3.05, 3.63) is 12.3 Å². The third-order valence-electron chi connectivity index (χ3n) is 2.85. The van der Waals surface area contributed by atoms with E-state index in [-0.39, 0.29) is 24.4 Å². The largest absolute Gasteiger partial charge is 0.378 e. The molecule has 1 aliphatic rings. The molecular weight excluding hydrogens is 268 g/mol. The van der Waals surface area contributed by atoms with Crippen LogP contribution in [0.2, 0.25) is 0 Å². The molecule has 1 unspecified atom stereocenters. The van der Waals surface area contributed by atoms with E-state index in [2.05, 4.69) is 22.7 Å². The van der Waals surface area contributed by atoms with Gasteiger partial charge in [0.25, 0.3) is 0 Å². The van der Waals surface area contributed by atoms with Crippen LogP contribution < -0.4 is 10.6 Å². The molecule has 0 radical (unpaired) electrons. The zero-order valence-corrected chi connectivity index (χ0v) is 11.9. The Hall–Kier alpha value is -1.11. The summed E-state index contributed by atoms with van der Waals surface area (Å²) in [6.45, 7) is 5.03. The number of halogens is 1. The number of nitrogens with one attached hydrogen (secondary N) is 2. The monoisotopic (exact) mass is 288 g/mol. The highest BCUT2D eigenvalue weighted by Gasteiger charge is 2.17. The van der Waals surface area contributed by atoms with Gasteiger partial charge in [-0.25, -0.2) is 4.68 Å². The number of hydrogen-bond donors (Lipinski definition) is 2. The Labute approximate surface area is 119 Å². The summed E-state index contributed by atoms with van der Waals surface area (Å²) in [7, 11) is 0. The Bertz CT molecular complexity index is 391. The lowest BCUT2D eigenvalue weighted by atomic mass is 10.2. The highest BCUT2D eigenvalue weighted by molar-refractivity contribution is 5.90. The van der Waals surface area contributed by atoms with Gasteiger partial charge in [-0.1, -0.05) is 6.92 Å². The average molecular weight is 289 g/mol. The van der Waals surface area contributed by atoms with Crippen LogP contribution in [0.5, 0.6) is 0 Å². The highest BCUT2D eigenvalue weighted by atomic mass is 35.5. The van der Waals surface area contributed by atoms with Crippen LogP contribution in [0.3, 0.4) is 0 Å². The van der Waals surface area contributed by atoms with Crippen molar-refractivity contribution >= 4 is 24.1 Å². The van der Waals surface area contributed by atoms with Crippen LogP contribution in [-0.2, 0) is 16.1 Å². The van der Waals surface area contributed by atoms with Crippen LogP contribution in [0.15, 0.2) is 12.3 Å². The highest BCUT2D eigenvalue weighted by Crippen LogP contribution is 2.08. The molecule has 1 amide bonds. The Morgan fingerprint density at radius 1 is 1.68 bits per heavy atom. The average Bonchev–Trinajstić information content (AvgIpc) is 2.78. The molecule has 1 saturated heterocycles. The van der Waals surface area contributed by atoms with E-state index in [1.807, 2.05) is 10.7 Å². The molecule has 2 rings (SSSR count). The lowest BCUT2D eigenvalue weighted by Crippen LogP contribution is -2.43. The van der Waals surface area contributed by atoms with Gasteiger partial charge in [0.2, 0.25) is 5.91 Å². The van der Waals surface area contributed by atoms with Gasteiger partial charge in [-0.3, -0.25) is 4.79 Å². The molecule has 1 aromatic heterocycles. The number of amides is 1. The first-order valence-corrected chi connectivity index (χ1v) is 6.42. The minimum absolute atomic E-state index is 0. The summed E-state index contributed by atoms with van der Waals surface area (Å²) in [5, 5.41) is 10.3. The summed E-state index contributed by atoms with van der Waals surface area (Å²) in [4.78, 5) is 11.9. The molecule has 2 N–H and O–H groups in total. The summed E-state index contributed by atoms with van der Waals surface area (Å²) < 4.78 is 7.13. The van der Waals surface area contributed by atoms with Gasteiger partial charge >= 0.3 is 0 Å². The van der Waals surface area contributed by atoms with Crippen molar-refractivity contribution in [2.75, 3.05) is 25.1 Å². The number of aromatic nitrogens is 2. The summed E-state index contributed by atoms with van der Waals surface area (Å²) >= 11 is 0. The molecule has 0 aliphatic carbocycles. The van der Waals surface area contributed by atoms with Crippen molar-refractivity contribution in [1.29, 1.82) is 0 Å². The molecule has 1 fully saturated rings. The van der Waals surface area contributed by atoms with Gasteiger partial charge in [0.15, 0.2) is 0 Å². The Morgan fingerprint density at radius 3 is 3.21 bits per heavy atom. The van der Waals surface area contributed by atoms with E-state index in [0.717, 1.165) is 31.9 Å². The lowest BCUT2D eigenvalue weighted by molar-refractivity contribution is -0.117. The fraction of sp³-hybridized carbons (Fsp3) is 0.667. The molecule has 1 aliphatic heterocycles. The molecule has 1 aromatic rings. The smallest absolute Gasteiger partial charge is 0.227 e. The van der Waals surface area contributed by atoms with Gasteiger partial charge in [-0.15, -0.1) is 12.4 Å². The minimum Gasteiger partial charge on any atom is -0.378 e. The summed E-state index contributed by atoms with van der Waals surface area (Å²) in [5.74, 6) is 0.759. The zero-order valence-electron chi connectivity index (χ0n) is 11.1. The predicted molar refractivity (Wildman–Crippen MR) is 75.6 cm³/mol. The molecule has 2 heterocycles. The van der Waals surface area contributed by atoms with E-state index in [1.54, 1.807) is 6.20 Å². The first-order valence-electron chi connectivity index (χ1n) is 6.42. The summed E-state index contributed by atoms with van der Waals surface area (Å²) in [5.41, 5.74) is 0. The maximum Gasteiger partial charge on any atom is 0.227 e. The second-order valence-electron chi connectivity index (χ2n) is 4.42. The molecule has 0 spiro atoms. The van der Waals surface area contributed by atoms with Gasteiger partial charge in [0.1, 0.15) is 5.82 Å². The quantitative estimate of drug-likeness (QED) is 0.849. The van der Waals surface area contributed by atoms with Crippen LogP contribution in [-0.4, -0.2) is 41.5 Å². The second-order valence-corrected chi connectivity index (χ2v) is 4.42. The van der Waals surface area contributed by atoms with E-state index in [9.17, 15) is 4.79 Å². The van der Waals surface area contributed by atoms with Gasteiger partial charge in [-0.05, 0) is 6.42 Å². The van der Waals surface area contributed by atoms with Crippen LogP contribution in [0.25, 0.3) is 0 Å². The fourth-order valence-corrected chi connectivity index (χ4v) is 2.00. The van der Waals surface area contributed by atoms with Crippen molar-refractivity contribution < 1.29 is 9.53 Å².